The van der Waals surface area contributed by atoms with Crippen molar-refractivity contribution in [2.24, 2.45) is 11.7 Å². The van der Waals surface area contributed by atoms with Crippen LogP contribution in [0, 0.1) is 5.92 Å². The second kappa shape index (κ2) is 4.35. The fourth-order valence-electron chi connectivity index (χ4n) is 2.24. The van der Waals surface area contributed by atoms with Gasteiger partial charge in [-0.1, -0.05) is 12.2 Å². The van der Waals surface area contributed by atoms with Gasteiger partial charge in [0.1, 0.15) is 0 Å². The van der Waals surface area contributed by atoms with Gasteiger partial charge in [-0.2, -0.15) is 0 Å². The smallest absolute Gasteiger partial charge is 0.240 e. The van der Waals surface area contributed by atoms with Crippen LogP contribution in [0.4, 0.5) is 0 Å². The summed E-state index contributed by atoms with van der Waals surface area (Å²) < 4.78 is 0. The standard InChI is InChI=1S/C12H20N2O/c13-12(7-4-8-12)11(15)14-9-10-5-2-1-3-6-10/h1-2,10H,3-9,13H2,(H,14,15). The molecule has 0 bridgehead atoms. The summed E-state index contributed by atoms with van der Waals surface area (Å²) in [6.07, 6.45) is 10.7. The molecule has 0 aromatic rings. The molecule has 0 heterocycles. The van der Waals surface area contributed by atoms with E-state index in [2.05, 4.69) is 17.5 Å². The molecular weight excluding hydrogens is 188 g/mol. The lowest BCUT2D eigenvalue weighted by Gasteiger charge is -2.36. The van der Waals surface area contributed by atoms with Crippen molar-refractivity contribution >= 4 is 5.91 Å². The van der Waals surface area contributed by atoms with Crippen molar-refractivity contribution < 1.29 is 4.79 Å². The zero-order valence-corrected chi connectivity index (χ0v) is 9.17. The largest absolute Gasteiger partial charge is 0.354 e. The highest BCUT2D eigenvalue weighted by Gasteiger charge is 2.39. The molecule has 2 rings (SSSR count). The van der Waals surface area contributed by atoms with Crippen molar-refractivity contribution in [3.63, 3.8) is 0 Å². The Labute approximate surface area is 91.1 Å². The molecule has 2 aliphatic rings. The van der Waals surface area contributed by atoms with E-state index in [0.717, 1.165) is 38.6 Å². The second-order valence-corrected chi connectivity index (χ2v) is 4.87. The Balaban J connectivity index is 1.73. The Morgan fingerprint density at radius 3 is 2.80 bits per heavy atom. The maximum absolute atomic E-state index is 11.7. The van der Waals surface area contributed by atoms with E-state index in [4.69, 9.17) is 5.73 Å². The topological polar surface area (TPSA) is 55.1 Å². The zero-order chi connectivity index (χ0) is 10.7. The van der Waals surface area contributed by atoms with E-state index in [9.17, 15) is 4.79 Å². The molecule has 3 heteroatoms. The van der Waals surface area contributed by atoms with Crippen LogP contribution in [0.2, 0.25) is 0 Å². The van der Waals surface area contributed by atoms with Gasteiger partial charge in [0.2, 0.25) is 5.91 Å². The molecule has 0 aromatic heterocycles. The minimum absolute atomic E-state index is 0.0586. The average molecular weight is 208 g/mol. The van der Waals surface area contributed by atoms with Crippen LogP contribution in [0.5, 0.6) is 0 Å². The summed E-state index contributed by atoms with van der Waals surface area (Å²) in [5, 5.41) is 3.00. The van der Waals surface area contributed by atoms with E-state index >= 15 is 0 Å². The number of allylic oxidation sites excluding steroid dienone is 2. The van der Waals surface area contributed by atoms with Crippen LogP contribution in [-0.4, -0.2) is 18.0 Å². The quantitative estimate of drug-likeness (QED) is 0.688. The number of nitrogens with two attached hydrogens (primary N) is 1. The molecule has 2 aliphatic carbocycles. The van der Waals surface area contributed by atoms with Gasteiger partial charge in [-0.25, -0.2) is 0 Å². The van der Waals surface area contributed by atoms with Gasteiger partial charge in [-0.3, -0.25) is 4.79 Å². The summed E-state index contributed by atoms with van der Waals surface area (Å²) in [5.74, 6) is 0.672. The van der Waals surface area contributed by atoms with E-state index in [0.29, 0.717) is 5.92 Å². The van der Waals surface area contributed by atoms with Crippen LogP contribution < -0.4 is 11.1 Å². The van der Waals surface area contributed by atoms with Gasteiger partial charge in [0.25, 0.3) is 0 Å². The lowest BCUT2D eigenvalue weighted by Crippen LogP contribution is -2.59. The van der Waals surface area contributed by atoms with Crippen LogP contribution in [0.1, 0.15) is 38.5 Å². The van der Waals surface area contributed by atoms with E-state index in [1.54, 1.807) is 0 Å². The molecule has 0 aliphatic heterocycles. The Bertz CT molecular complexity index is 269. The van der Waals surface area contributed by atoms with Gasteiger partial charge in [0, 0.05) is 6.54 Å². The number of hydrogen-bond acceptors (Lipinski definition) is 2. The summed E-state index contributed by atoms with van der Waals surface area (Å²) >= 11 is 0. The Hall–Kier alpha value is -0.830. The lowest BCUT2D eigenvalue weighted by atomic mass is 9.77. The summed E-state index contributed by atoms with van der Waals surface area (Å²) in [7, 11) is 0. The van der Waals surface area contributed by atoms with Gasteiger partial charge in [0.15, 0.2) is 0 Å². The third-order valence-electron chi connectivity index (χ3n) is 3.63. The summed E-state index contributed by atoms with van der Waals surface area (Å²) in [6.45, 7) is 0.794. The van der Waals surface area contributed by atoms with Gasteiger partial charge in [-0.05, 0) is 44.4 Å². The van der Waals surface area contributed by atoms with Gasteiger partial charge < -0.3 is 11.1 Å². The molecule has 0 aromatic carbocycles. The normalized spacial score (nSPS) is 28.2. The number of carbonyl (C=O) groups excluding carboxylic acids is 1. The minimum Gasteiger partial charge on any atom is -0.354 e. The van der Waals surface area contributed by atoms with E-state index < -0.39 is 5.54 Å². The summed E-state index contributed by atoms with van der Waals surface area (Å²) in [6, 6.07) is 0. The van der Waals surface area contributed by atoms with Crippen molar-refractivity contribution in [2.45, 2.75) is 44.1 Å². The number of amides is 1. The molecular formula is C12H20N2O. The van der Waals surface area contributed by atoms with Crippen molar-refractivity contribution in [3.05, 3.63) is 12.2 Å². The van der Waals surface area contributed by atoms with Crippen LogP contribution in [-0.2, 0) is 4.79 Å². The monoisotopic (exact) mass is 208 g/mol. The molecule has 1 atom stereocenters. The molecule has 84 valence electrons. The van der Waals surface area contributed by atoms with Crippen molar-refractivity contribution in [1.82, 2.24) is 5.32 Å². The first-order chi connectivity index (χ1) is 7.21. The second-order valence-electron chi connectivity index (χ2n) is 4.87. The predicted octanol–water partition coefficient (Wildman–Crippen LogP) is 1.34. The fourth-order valence-corrected chi connectivity index (χ4v) is 2.24. The molecule has 15 heavy (non-hydrogen) atoms. The first-order valence-corrected chi connectivity index (χ1v) is 5.93. The number of carbonyl (C=O) groups is 1. The summed E-state index contributed by atoms with van der Waals surface area (Å²) in [5.41, 5.74) is 5.40. The summed E-state index contributed by atoms with van der Waals surface area (Å²) in [4.78, 5) is 11.7. The molecule has 1 amide bonds. The molecule has 1 saturated carbocycles. The highest BCUT2D eigenvalue weighted by molar-refractivity contribution is 5.86. The molecule has 0 spiro atoms. The highest BCUT2D eigenvalue weighted by atomic mass is 16.2. The van der Waals surface area contributed by atoms with Gasteiger partial charge >= 0.3 is 0 Å². The molecule has 1 fully saturated rings. The van der Waals surface area contributed by atoms with Gasteiger partial charge in [-0.15, -0.1) is 0 Å². The van der Waals surface area contributed by atoms with Crippen LogP contribution >= 0.6 is 0 Å². The van der Waals surface area contributed by atoms with Crippen LogP contribution in [0.15, 0.2) is 12.2 Å². The molecule has 1 unspecified atom stereocenters. The molecule has 0 saturated heterocycles. The number of nitrogens with one attached hydrogen (secondary N) is 1. The maximum atomic E-state index is 11.7. The zero-order valence-electron chi connectivity index (χ0n) is 9.17. The van der Waals surface area contributed by atoms with E-state index in [-0.39, 0.29) is 5.91 Å². The maximum Gasteiger partial charge on any atom is 0.240 e. The fraction of sp³-hybridized carbons (Fsp3) is 0.750. The Morgan fingerprint density at radius 1 is 1.47 bits per heavy atom. The van der Waals surface area contributed by atoms with Gasteiger partial charge in [0.05, 0.1) is 5.54 Å². The third-order valence-corrected chi connectivity index (χ3v) is 3.63. The highest BCUT2D eigenvalue weighted by Crippen LogP contribution is 2.29. The first-order valence-electron chi connectivity index (χ1n) is 5.93. The molecule has 3 nitrogen and oxygen atoms in total. The third kappa shape index (κ3) is 2.40. The molecule has 0 radical (unpaired) electrons. The molecule has 3 N–H and O–H groups in total. The van der Waals surface area contributed by atoms with Crippen LogP contribution in [0.3, 0.4) is 0 Å². The average Bonchev–Trinajstić information content (AvgIpc) is 2.24. The number of rotatable bonds is 3. The van der Waals surface area contributed by atoms with Crippen LogP contribution in [0.25, 0.3) is 0 Å². The minimum atomic E-state index is -0.537. The Morgan fingerprint density at radius 2 is 2.27 bits per heavy atom. The first kappa shape index (κ1) is 10.7. The van der Waals surface area contributed by atoms with Crippen molar-refractivity contribution in [1.29, 1.82) is 0 Å². The van der Waals surface area contributed by atoms with E-state index in [1.165, 1.54) is 6.42 Å². The van der Waals surface area contributed by atoms with Crippen molar-refractivity contribution in [2.75, 3.05) is 6.54 Å². The van der Waals surface area contributed by atoms with Crippen molar-refractivity contribution in [3.8, 4) is 0 Å². The number of hydrogen-bond donors (Lipinski definition) is 2. The Kier molecular flexibility index (Phi) is 3.10. The lowest BCUT2D eigenvalue weighted by molar-refractivity contribution is -0.129. The predicted molar refractivity (Wildman–Crippen MR) is 60.3 cm³/mol. The SMILES string of the molecule is NC1(C(=O)NCC2CC=CCC2)CCC1. The van der Waals surface area contributed by atoms with E-state index in [1.807, 2.05) is 0 Å².